The van der Waals surface area contributed by atoms with Crippen molar-refractivity contribution in [2.24, 2.45) is 0 Å². The molecule has 0 heterocycles. The first-order valence-electron chi connectivity index (χ1n) is 6.36. The Balaban J connectivity index is 2.36. The van der Waals surface area contributed by atoms with Crippen molar-refractivity contribution in [3.8, 4) is 0 Å². The zero-order valence-electron chi connectivity index (χ0n) is 11.6. The van der Waals surface area contributed by atoms with Gasteiger partial charge in [-0.3, -0.25) is 4.79 Å². The van der Waals surface area contributed by atoms with Crippen molar-refractivity contribution < 1.29 is 9.90 Å². The van der Waals surface area contributed by atoms with Gasteiger partial charge in [0.05, 0.1) is 6.10 Å². The van der Waals surface area contributed by atoms with Gasteiger partial charge in [-0.1, -0.05) is 18.2 Å². The molecular formula is C16H19NO2. The fourth-order valence-corrected chi connectivity index (χ4v) is 2.13. The number of aliphatic hydroxyl groups is 1. The molecule has 100 valence electrons. The number of benzene rings is 2. The molecule has 0 fully saturated rings. The van der Waals surface area contributed by atoms with Crippen LogP contribution in [-0.4, -0.2) is 25.0 Å². The lowest BCUT2D eigenvalue weighted by Crippen LogP contribution is -2.08. The van der Waals surface area contributed by atoms with Crippen molar-refractivity contribution in [3.05, 3.63) is 42.0 Å². The lowest BCUT2D eigenvalue weighted by Gasteiger charge is -2.14. The standard InChI is InChI=1S/C16H19NO2/c1-11(18)8-16(19)14-5-4-13-10-15(17(2)3)7-6-12(13)9-14/h4-7,9-10,16,19H,8H2,1-3H3. The number of fused-ring (bicyclic) bond motifs is 1. The van der Waals surface area contributed by atoms with E-state index in [1.165, 1.54) is 6.92 Å². The van der Waals surface area contributed by atoms with Gasteiger partial charge in [0, 0.05) is 26.2 Å². The molecule has 0 aliphatic carbocycles. The summed E-state index contributed by atoms with van der Waals surface area (Å²) in [6.45, 7) is 1.49. The van der Waals surface area contributed by atoms with Gasteiger partial charge in [-0.25, -0.2) is 0 Å². The van der Waals surface area contributed by atoms with E-state index in [9.17, 15) is 9.90 Å². The highest BCUT2D eigenvalue weighted by Gasteiger charge is 2.10. The van der Waals surface area contributed by atoms with Crippen LogP contribution in [-0.2, 0) is 4.79 Å². The molecule has 19 heavy (non-hydrogen) atoms. The minimum atomic E-state index is -0.713. The maximum atomic E-state index is 11.0. The number of Topliss-reactive ketones (excluding diaryl/α,β-unsaturated/α-hetero) is 1. The normalized spacial score (nSPS) is 12.4. The maximum Gasteiger partial charge on any atom is 0.132 e. The highest BCUT2D eigenvalue weighted by atomic mass is 16.3. The van der Waals surface area contributed by atoms with Crippen LogP contribution in [0, 0.1) is 0 Å². The fourth-order valence-electron chi connectivity index (χ4n) is 2.13. The van der Waals surface area contributed by atoms with Gasteiger partial charge >= 0.3 is 0 Å². The number of ketones is 1. The van der Waals surface area contributed by atoms with Crippen molar-refractivity contribution in [3.63, 3.8) is 0 Å². The third-order valence-electron chi connectivity index (χ3n) is 3.23. The molecule has 1 N–H and O–H groups in total. The topological polar surface area (TPSA) is 40.5 Å². The minimum Gasteiger partial charge on any atom is -0.388 e. The Morgan fingerprint density at radius 1 is 1.16 bits per heavy atom. The summed E-state index contributed by atoms with van der Waals surface area (Å²) >= 11 is 0. The Bertz CT molecular complexity index is 605. The van der Waals surface area contributed by atoms with E-state index >= 15 is 0 Å². The third kappa shape index (κ3) is 3.12. The van der Waals surface area contributed by atoms with E-state index in [0.29, 0.717) is 0 Å². The largest absolute Gasteiger partial charge is 0.388 e. The SMILES string of the molecule is CC(=O)CC(O)c1ccc2cc(N(C)C)ccc2c1. The first kappa shape index (κ1) is 13.6. The number of anilines is 1. The molecule has 3 heteroatoms. The highest BCUT2D eigenvalue weighted by Crippen LogP contribution is 2.25. The summed E-state index contributed by atoms with van der Waals surface area (Å²) in [5.41, 5.74) is 1.94. The van der Waals surface area contributed by atoms with Crippen molar-refractivity contribution in [2.75, 3.05) is 19.0 Å². The smallest absolute Gasteiger partial charge is 0.132 e. The summed E-state index contributed by atoms with van der Waals surface area (Å²) in [5, 5.41) is 12.2. The molecule has 0 radical (unpaired) electrons. The second-order valence-electron chi connectivity index (χ2n) is 5.11. The molecule has 0 saturated heterocycles. The molecule has 2 aromatic rings. The molecule has 0 aliphatic heterocycles. The van der Waals surface area contributed by atoms with E-state index in [-0.39, 0.29) is 12.2 Å². The summed E-state index contributed by atoms with van der Waals surface area (Å²) in [5.74, 6) is -0.00412. The van der Waals surface area contributed by atoms with Crippen molar-refractivity contribution in [1.29, 1.82) is 0 Å². The number of aliphatic hydroxyl groups excluding tert-OH is 1. The molecular weight excluding hydrogens is 238 g/mol. The van der Waals surface area contributed by atoms with Gasteiger partial charge in [0.1, 0.15) is 5.78 Å². The Morgan fingerprint density at radius 3 is 2.42 bits per heavy atom. The molecule has 3 nitrogen and oxygen atoms in total. The number of rotatable bonds is 4. The summed E-state index contributed by atoms with van der Waals surface area (Å²) in [7, 11) is 4.01. The Kier molecular flexibility index (Phi) is 3.86. The Morgan fingerprint density at radius 2 is 1.79 bits per heavy atom. The predicted octanol–water partition coefficient (Wildman–Crippen LogP) is 2.92. The van der Waals surface area contributed by atoms with Crippen LogP contribution in [0.3, 0.4) is 0 Å². The van der Waals surface area contributed by atoms with Crippen LogP contribution in [0.5, 0.6) is 0 Å². The molecule has 0 aliphatic rings. The number of hydrogen-bond donors (Lipinski definition) is 1. The number of carbonyl (C=O) groups excluding carboxylic acids is 1. The molecule has 0 aromatic heterocycles. The fraction of sp³-hybridized carbons (Fsp3) is 0.312. The first-order valence-corrected chi connectivity index (χ1v) is 6.36. The number of nitrogens with zero attached hydrogens (tertiary/aromatic N) is 1. The van der Waals surface area contributed by atoms with Gasteiger partial charge in [0.2, 0.25) is 0 Å². The van der Waals surface area contributed by atoms with Crippen LogP contribution in [0.2, 0.25) is 0 Å². The van der Waals surface area contributed by atoms with E-state index < -0.39 is 6.10 Å². The zero-order valence-corrected chi connectivity index (χ0v) is 11.6. The molecule has 2 aromatic carbocycles. The van der Waals surface area contributed by atoms with Gasteiger partial charge < -0.3 is 10.0 Å². The number of hydrogen-bond acceptors (Lipinski definition) is 3. The van der Waals surface area contributed by atoms with Crippen molar-refractivity contribution >= 4 is 22.2 Å². The highest BCUT2D eigenvalue weighted by molar-refractivity contribution is 5.86. The average Bonchev–Trinajstić information content (AvgIpc) is 2.36. The minimum absolute atomic E-state index is 0.00412. The molecule has 0 amide bonds. The second kappa shape index (κ2) is 5.41. The van der Waals surface area contributed by atoms with Crippen molar-refractivity contribution in [2.45, 2.75) is 19.4 Å². The van der Waals surface area contributed by atoms with Crippen LogP contribution in [0.15, 0.2) is 36.4 Å². The summed E-state index contributed by atoms with van der Waals surface area (Å²) < 4.78 is 0. The molecule has 0 bridgehead atoms. The van der Waals surface area contributed by atoms with Gasteiger partial charge in [0.15, 0.2) is 0 Å². The maximum absolute atomic E-state index is 11.0. The first-order chi connectivity index (χ1) is 8.97. The number of carbonyl (C=O) groups is 1. The van der Waals surface area contributed by atoms with Crippen LogP contribution in [0.4, 0.5) is 5.69 Å². The Hall–Kier alpha value is -1.87. The van der Waals surface area contributed by atoms with E-state index in [4.69, 9.17) is 0 Å². The summed E-state index contributed by atoms with van der Waals surface area (Å²) in [6, 6.07) is 12.0. The zero-order chi connectivity index (χ0) is 14.0. The summed E-state index contributed by atoms with van der Waals surface area (Å²) in [6.07, 6.45) is -0.545. The van der Waals surface area contributed by atoms with Gasteiger partial charge in [-0.15, -0.1) is 0 Å². The predicted molar refractivity (Wildman–Crippen MR) is 78.5 cm³/mol. The van der Waals surface area contributed by atoms with Crippen molar-refractivity contribution in [1.82, 2.24) is 0 Å². The van der Waals surface area contributed by atoms with Gasteiger partial charge in [-0.05, 0) is 41.5 Å². The monoisotopic (exact) mass is 257 g/mol. The van der Waals surface area contributed by atoms with E-state index in [0.717, 1.165) is 22.0 Å². The van der Waals surface area contributed by atoms with E-state index in [2.05, 4.69) is 11.0 Å². The molecule has 0 saturated carbocycles. The van der Waals surface area contributed by atoms with Gasteiger partial charge in [-0.2, -0.15) is 0 Å². The van der Waals surface area contributed by atoms with Crippen LogP contribution < -0.4 is 4.90 Å². The van der Waals surface area contributed by atoms with Crippen LogP contribution >= 0.6 is 0 Å². The van der Waals surface area contributed by atoms with E-state index in [1.54, 1.807) is 0 Å². The van der Waals surface area contributed by atoms with E-state index in [1.807, 2.05) is 44.4 Å². The Labute approximate surface area is 113 Å². The third-order valence-corrected chi connectivity index (χ3v) is 3.23. The lowest BCUT2D eigenvalue weighted by atomic mass is 10.0. The van der Waals surface area contributed by atoms with Gasteiger partial charge in [0.25, 0.3) is 0 Å². The molecule has 0 spiro atoms. The van der Waals surface area contributed by atoms with Crippen LogP contribution in [0.1, 0.15) is 25.0 Å². The van der Waals surface area contributed by atoms with Crippen LogP contribution in [0.25, 0.3) is 10.8 Å². The molecule has 2 rings (SSSR count). The molecule has 1 unspecified atom stereocenters. The summed E-state index contributed by atoms with van der Waals surface area (Å²) in [4.78, 5) is 13.1. The average molecular weight is 257 g/mol. The lowest BCUT2D eigenvalue weighted by molar-refractivity contribution is -0.118. The quantitative estimate of drug-likeness (QED) is 0.915. The second-order valence-corrected chi connectivity index (χ2v) is 5.11. The molecule has 1 atom stereocenters.